The Balaban J connectivity index is 1.86. The van der Waals surface area contributed by atoms with Crippen LogP contribution in [0.15, 0.2) is 79.0 Å². The SMILES string of the molecule is Nc1cnc2cc(-c3cc4ccccc4c4ccccc34)ccc2n1. The molecule has 5 aromatic rings. The van der Waals surface area contributed by atoms with Crippen LogP contribution in [0.4, 0.5) is 5.82 Å². The lowest BCUT2D eigenvalue weighted by Gasteiger charge is -2.11. The molecule has 0 unspecified atom stereocenters. The fraction of sp³-hybridized carbons (Fsp3) is 0. The zero-order valence-corrected chi connectivity index (χ0v) is 13.5. The van der Waals surface area contributed by atoms with Gasteiger partial charge in [-0.15, -0.1) is 0 Å². The van der Waals surface area contributed by atoms with Crippen molar-refractivity contribution in [3.05, 3.63) is 79.0 Å². The smallest absolute Gasteiger partial charge is 0.142 e. The molecular formula is C22H15N3. The number of fused-ring (bicyclic) bond motifs is 4. The van der Waals surface area contributed by atoms with Gasteiger partial charge in [0.05, 0.1) is 17.2 Å². The summed E-state index contributed by atoms with van der Waals surface area (Å²) in [6, 6.07) is 25.4. The summed E-state index contributed by atoms with van der Waals surface area (Å²) in [6.45, 7) is 0. The molecule has 0 aliphatic rings. The Kier molecular flexibility index (Phi) is 2.94. The monoisotopic (exact) mass is 321 g/mol. The van der Waals surface area contributed by atoms with Crippen molar-refractivity contribution < 1.29 is 0 Å². The molecule has 0 atom stereocenters. The molecule has 0 fully saturated rings. The van der Waals surface area contributed by atoms with Crippen molar-refractivity contribution in [1.82, 2.24) is 9.97 Å². The summed E-state index contributed by atoms with van der Waals surface area (Å²) in [5.41, 5.74) is 9.74. The zero-order chi connectivity index (χ0) is 16.8. The predicted molar refractivity (Wildman–Crippen MR) is 104 cm³/mol. The van der Waals surface area contributed by atoms with Gasteiger partial charge in [0, 0.05) is 0 Å². The maximum Gasteiger partial charge on any atom is 0.142 e. The lowest BCUT2D eigenvalue weighted by atomic mass is 9.93. The molecule has 2 N–H and O–H groups in total. The van der Waals surface area contributed by atoms with E-state index in [0.717, 1.165) is 16.6 Å². The van der Waals surface area contributed by atoms with Crippen LogP contribution in [-0.2, 0) is 0 Å². The van der Waals surface area contributed by atoms with Gasteiger partial charge in [-0.2, -0.15) is 0 Å². The molecule has 118 valence electrons. The Bertz CT molecular complexity index is 1260. The van der Waals surface area contributed by atoms with Crippen molar-refractivity contribution in [2.45, 2.75) is 0 Å². The second-order valence-electron chi connectivity index (χ2n) is 6.19. The van der Waals surface area contributed by atoms with Crippen molar-refractivity contribution in [3.63, 3.8) is 0 Å². The van der Waals surface area contributed by atoms with Gasteiger partial charge in [-0.1, -0.05) is 54.6 Å². The number of aromatic nitrogens is 2. The fourth-order valence-electron chi connectivity index (χ4n) is 3.49. The Morgan fingerprint density at radius 1 is 0.680 bits per heavy atom. The zero-order valence-electron chi connectivity index (χ0n) is 13.5. The summed E-state index contributed by atoms with van der Waals surface area (Å²) in [5.74, 6) is 0.441. The molecule has 1 heterocycles. The van der Waals surface area contributed by atoms with Gasteiger partial charge in [-0.3, -0.25) is 4.98 Å². The maximum absolute atomic E-state index is 5.74. The molecule has 0 aliphatic heterocycles. The Hall–Kier alpha value is -3.46. The third kappa shape index (κ3) is 2.21. The summed E-state index contributed by atoms with van der Waals surface area (Å²) in [5, 5.41) is 5.01. The molecule has 3 heteroatoms. The minimum absolute atomic E-state index is 0.441. The number of nitrogen functional groups attached to an aromatic ring is 1. The van der Waals surface area contributed by atoms with E-state index in [4.69, 9.17) is 5.73 Å². The van der Waals surface area contributed by atoms with Crippen molar-refractivity contribution in [2.75, 3.05) is 5.73 Å². The third-order valence-corrected chi connectivity index (χ3v) is 4.64. The lowest BCUT2D eigenvalue weighted by molar-refractivity contribution is 1.30. The van der Waals surface area contributed by atoms with Gasteiger partial charge >= 0.3 is 0 Å². The summed E-state index contributed by atoms with van der Waals surface area (Å²) < 4.78 is 0. The summed E-state index contributed by atoms with van der Waals surface area (Å²) in [7, 11) is 0. The number of hydrogen-bond donors (Lipinski definition) is 1. The van der Waals surface area contributed by atoms with Crippen molar-refractivity contribution in [1.29, 1.82) is 0 Å². The standard InChI is InChI=1S/C22H15N3/c23-22-13-24-21-12-15(9-10-20(21)25-22)19-11-14-5-1-2-6-16(14)17-7-3-4-8-18(17)19/h1-13H,(H2,23,25). The maximum atomic E-state index is 5.74. The Labute approximate surface area is 144 Å². The molecule has 4 aromatic carbocycles. The van der Waals surface area contributed by atoms with E-state index in [1.54, 1.807) is 6.20 Å². The molecule has 0 radical (unpaired) electrons. The van der Waals surface area contributed by atoms with Gasteiger partial charge in [0.1, 0.15) is 5.82 Å². The average Bonchev–Trinajstić information content (AvgIpc) is 2.67. The fourth-order valence-corrected chi connectivity index (χ4v) is 3.49. The first-order valence-corrected chi connectivity index (χ1v) is 8.23. The number of hydrogen-bond acceptors (Lipinski definition) is 3. The molecule has 3 nitrogen and oxygen atoms in total. The molecule has 0 aliphatic carbocycles. The van der Waals surface area contributed by atoms with E-state index in [2.05, 4.69) is 76.7 Å². The molecule has 0 amide bonds. The van der Waals surface area contributed by atoms with Gasteiger partial charge in [-0.05, 0) is 50.9 Å². The van der Waals surface area contributed by atoms with E-state index >= 15 is 0 Å². The van der Waals surface area contributed by atoms with Crippen LogP contribution in [0.1, 0.15) is 0 Å². The first-order chi connectivity index (χ1) is 12.3. The van der Waals surface area contributed by atoms with Crippen LogP contribution in [0, 0.1) is 0 Å². The molecule has 0 bridgehead atoms. The van der Waals surface area contributed by atoms with Gasteiger partial charge in [0.2, 0.25) is 0 Å². The predicted octanol–water partition coefficient (Wildman–Crippen LogP) is 5.19. The highest BCUT2D eigenvalue weighted by Crippen LogP contribution is 2.35. The van der Waals surface area contributed by atoms with Gasteiger partial charge in [0.25, 0.3) is 0 Å². The van der Waals surface area contributed by atoms with Gasteiger partial charge in [-0.25, -0.2) is 4.98 Å². The first-order valence-electron chi connectivity index (χ1n) is 8.23. The van der Waals surface area contributed by atoms with Crippen LogP contribution in [0.2, 0.25) is 0 Å². The number of nitrogens with two attached hydrogens (primary N) is 1. The second-order valence-corrected chi connectivity index (χ2v) is 6.19. The molecular weight excluding hydrogens is 306 g/mol. The molecule has 25 heavy (non-hydrogen) atoms. The van der Waals surface area contributed by atoms with Crippen LogP contribution in [0.3, 0.4) is 0 Å². The van der Waals surface area contributed by atoms with Crippen molar-refractivity contribution >= 4 is 38.4 Å². The molecule has 1 aromatic heterocycles. The van der Waals surface area contributed by atoms with E-state index < -0.39 is 0 Å². The van der Waals surface area contributed by atoms with Crippen LogP contribution in [0.5, 0.6) is 0 Å². The van der Waals surface area contributed by atoms with Crippen LogP contribution < -0.4 is 5.73 Å². The van der Waals surface area contributed by atoms with Gasteiger partial charge in [0.15, 0.2) is 0 Å². The minimum Gasteiger partial charge on any atom is -0.382 e. The summed E-state index contributed by atoms with van der Waals surface area (Å²) in [4.78, 5) is 8.76. The Morgan fingerprint density at radius 3 is 2.32 bits per heavy atom. The number of benzene rings is 4. The summed E-state index contributed by atoms with van der Waals surface area (Å²) in [6.07, 6.45) is 1.60. The highest BCUT2D eigenvalue weighted by atomic mass is 14.9. The lowest BCUT2D eigenvalue weighted by Crippen LogP contribution is -1.93. The summed E-state index contributed by atoms with van der Waals surface area (Å²) >= 11 is 0. The number of rotatable bonds is 1. The third-order valence-electron chi connectivity index (χ3n) is 4.64. The van der Waals surface area contributed by atoms with Crippen LogP contribution >= 0.6 is 0 Å². The first kappa shape index (κ1) is 13.9. The largest absolute Gasteiger partial charge is 0.382 e. The van der Waals surface area contributed by atoms with Crippen LogP contribution in [-0.4, -0.2) is 9.97 Å². The Morgan fingerprint density at radius 2 is 1.44 bits per heavy atom. The highest BCUT2D eigenvalue weighted by Gasteiger charge is 2.09. The molecule has 0 saturated heterocycles. The van der Waals surface area contributed by atoms with Gasteiger partial charge < -0.3 is 5.73 Å². The van der Waals surface area contributed by atoms with Crippen molar-refractivity contribution in [2.24, 2.45) is 0 Å². The van der Waals surface area contributed by atoms with E-state index in [9.17, 15) is 0 Å². The van der Waals surface area contributed by atoms with Crippen molar-refractivity contribution in [3.8, 4) is 11.1 Å². The average molecular weight is 321 g/mol. The highest BCUT2D eigenvalue weighted by molar-refractivity contribution is 6.14. The van der Waals surface area contributed by atoms with Crippen LogP contribution in [0.25, 0.3) is 43.7 Å². The van der Waals surface area contributed by atoms with E-state index in [1.807, 2.05) is 6.07 Å². The normalized spacial score (nSPS) is 11.4. The van der Waals surface area contributed by atoms with E-state index in [0.29, 0.717) is 5.82 Å². The molecule has 5 rings (SSSR count). The van der Waals surface area contributed by atoms with E-state index in [-0.39, 0.29) is 0 Å². The molecule has 0 saturated carbocycles. The number of anilines is 1. The molecule has 0 spiro atoms. The quantitative estimate of drug-likeness (QED) is 0.432. The van der Waals surface area contributed by atoms with E-state index in [1.165, 1.54) is 27.1 Å². The minimum atomic E-state index is 0.441. The number of nitrogens with zero attached hydrogens (tertiary/aromatic N) is 2. The topological polar surface area (TPSA) is 51.8 Å². The second kappa shape index (κ2) is 5.28.